The van der Waals surface area contributed by atoms with Gasteiger partial charge in [-0.3, -0.25) is 0 Å². The first kappa shape index (κ1) is 7.36. The van der Waals surface area contributed by atoms with Crippen molar-refractivity contribution in [1.82, 2.24) is 14.7 Å². The average Bonchev–Trinajstić information content (AvgIpc) is 2.49. The van der Waals surface area contributed by atoms with E-state index in [1.807, 2.05) is 0 Å². The molecule has 0 aliphatic rings. The van der Waals surface area contributed by atoms with Crippen LogP contribution in [0.3, 0.4) is 0 Å². The zero-order chi connectivity index (χ0) is 8.55. The van der Waals surface area contributed by atoms with Gasteiger partial charge in [0.05, 0.1) is 5.39 Å². The van der Waals surface area contributed by atoms with E-state index in [1.54, 1.807) is 19.4 Å². The molecule has 0 atom stereocenters. The van der Waals surface area contributed by atoms with Gasteiger partial charge in [-0.2, -0.15) is 4.73 Å². The highest BCUT2D eigenvalue weighted by atomic mass is 35.5. The monoisotopic (exact) mass is 183 g/mol. The number of halogens is 1. The second kappa shape index (κ2) is 2.64. The molecule has 0 N–H and O–H groups in total. The molecule has 2 heterocycles. The van der Waals surface area contributed by atoms with Gasteiger partial charge in [0.25, 0.3) is 0 Å². The third kappa shape index (κ3) is 0.921. The highest BCUT2D eigenvalue weighted by molar-refractivity contribution is 6.33. The van der Waals surface area contributed by atoms with E-state index in [2.05, 4.69) is 9.97 Å². The summed E-state index contributed by atoms with van der Waals surface area (Å²) in [5, 5.41) is 1.23. The molecule has 0 aliphatic heterocycles. The minimum absolute atomic E-state index is 0.441. The van der Waals surface area contributed by atoms with Crippen molar-refractivity contribution >= 4 is 22.6 Å². The van der Waals surface area contributed by atoms with Crippen molar-refractivity contribution in [3.8, 4) is 0 Å². The Bertz CT molecular complexity index is 412. The molecule has 0 unspecified atom stereocenters. The summed E-state index contributed by atoms with van der Waals surface area (Å²) in [5.74, 6) is 0. The second-order valence-electron chi connectivity index (χ2n) is 2.23. The van der Waals surface area contributed by atoms with Gasteiger partial charge in [0.1, 0.15) is 18.6 Å². The van der Waals surface area contributed by atoms with Crippen molar-refractivity contribution in [2.24, 2.45) is 0 Å². The summed E-state index contributed by atoms with van der Waals surface area (Å²) >= 11 is 5.81. The lowest BCUT2D eigenvalue weighted by atomic mass is 10.4. The number of hydrogen-bond acceptors (Lipinski definition) is 3. The zero-order valence-corrected chi connectivity index (χ0v) is 7.12. The summed E-state index contributed by atoms with van der Waals surface area (Å²) in [5.41, 5.74) is 0.678. The molecule has 0 aromatic carbocycles. The van der Waals surface area contributed by atoms with Crippen LogP contribution in [-0.4, -0.2) is 21.8 Å². The molecule has 0 aliphatic carbocycles. The maximum atomic E-state index is 5.81. The topological polar surface area (TPSA) is 39.9 Å². The van der Waals surface area contributed by atoms with E-state index in [4.69, 9.17) is 16.4 Å². The fraction of sp³-hybridized carbons (Fsp3) is 0.143. The standard InChI is InChI=1S/C7H6ClN3O/c1-12-11-3-2-5-6(8)9-4-10-7(5)11/h2-4H,1H3. The number of nitrogens with zero attached hydrogens (tertiary/aromatic N) is 3. The number of hydrogen-bond donors (Lipinski definition) is 0. The summed E-state index contributed by atoms with van der Waals surface area (Å²) in [7, 11) is 1.56. The van der Waals surface area contributed by atoms with Crippen LogP contribution >= 0.6 is 11.6 Å². The Morgan fingerprint density at radius 1 is 1.50 bits per heavy atom. The van der Waals surface area contributed by atoms with Crippen molar-refractivity contribution in [1.29, 1.82) is 0 Å². The molecule has 2 aromatic rings. The Kier molecular flexibility index (Phi) is 1.62. The molecule has 0 bridgehead atoms. The van der Waals surface area contributed by atoms with Crippen LogP contribution in [0.15, 0.2) is 18.6 Å². The maximum Gasteiger partial charge on any atom is 0.179 e. The van der Waals surface area contributed by atoms with E-state index in [-0.39, 0.29) is 0 Å². The molecule has 0 radical (unpaired) electrons. The molecule has 0 saturated heterocycles. The molecule has 4 nitrogen and oxygen atoms in total. The first-order valence-electron chi connectivity index (χ1n) is 3.35. The smallest absolute Gasteiger partial charge is 0.179 e. The summed E-state index contributed by atoms with van der Waals surface area (Å²) in [4.78, 5) is 12.8. The number of aromatic nitrogens is 3. The predicted octanol–water partition coefficient (Wildman–Crippen LogP) is 1.14. The van der Waals surface area contributed by atoms with Crippen LogP contribution < -0.4 is 4.84 Å². The Balaban J connectivity index is 2.80. The van der Waals surface area contributed by atoms with Gasteiger partial charge in [-0.1, -0.05) is 11.6 Å². The van der Waals surface area contributed by atoms with Gasteiger partial charge in [-0.15, -0.1) is 0 Å². The van der Waals surface area contributed by atoms with Crippen molar-refractivity contribution in [3.63, 3.8) is 0 Å². The van der Waals surface area contributed by atoms with Crippen LogP contribution in [0.25, 0.3) is 11.0 Å². The predicted molar refractivity (Wildman–Crippen MR) is 45.0 cm³/mol. The van der Waals surface area contributed by atoms with E-state index in [9.17, 15) is 0 Å². The zero-order valence-electron chi connectivity index (χ0n) is 6.36. The lowest BCUT2D eigenvalue weighted by Gasteiger charge is -1.99. The Morgan fingerprint density at radius 2 is 2.33 bits per heavy atom. The van der Waals surface area contributed by atoms with E-state index in [0.717, 1.165) is 5.39 Å². The first-order valence-corrected chi connectivity index (χ1v) is 3.73. The SMILES string of the molecule is COn1ccc2c(Cl)ncnc21. The third-order valence-electron chi connectivity index (χ3n) is 1.60. The van der Waals surface area contributed by atoms with Crippen molar-refractivity contribution < 1.29 is 4.84 Å². The highest BCUT2D eigenvalue weighted by Gasteiger charge is 2.05. The van der Waals surface area contributed by atoms with Crippen molar-refractivity contribution in [2.45, 2.75) is 0 Å². The molecular weight excluding hydrogens is 178 g/mol. The lowest BCUT2D eigenvalue weighted by Crippen LogP contribution is -2.04. The molecule has 62 valence electrons. The molecule has 0 spiro atoms. The van der Waals surface area contributed by atoms with Crippen LogP contribution in [0.5, 0.6) is 0 Å². The van der Waals surface area contributed by atoms with E-state index < -0.39 is 0 Å². The van der Waals surface area contributed by atoms with Crippen LogP contribution in [0.4, 0.5) is 0 Å². The highest BCUT2D eigenvalue weighted by Crippen LogP contribution is 2.18. The Morgan fingerprint density at radius 3 is 3.08 bits per heavy atom. The summed E-state index contributed by atoms with van der Waals surface area (Å²) < 4.78 is 1.53. The molecule has 5 heteroatoms. The normalized spacial score (nSPS) is 10.5. The summed E-state index contributed by atoms with van der Waals surface area (Å²) in [6, 6.07) is 1.81. The number of fused-ring (bicyclic) bond motifs is 1. The lowest BCUT2D eigenvalue weighted by molar-refractivity contribution is 0.177. The minimum Gasteiger partial charge on any atom is -0.416 e. The maximum absolute atomic E-state index is 5.81. The molecule has 0 amide bonds. The summed E-state index contributed by atoms with van der Waals surface area (Å²) in [6.45, 7) is 0. The van der Waals surface area contributed by atoms with Crippen molar-refractivity contribution in [3.05, 3.63) is 23.7 Å². The van der Waals surface area contributed by atoms with Crippen LogP contribution in [0.2, 0.25) is 5.15 Å². The van der Waals surface area contributed by atoms with Crippen LogP contribution in [-0.2, 0) is 0 Å². The Labute approximate surface area is 73.7 Å². The number of rotatable bonds is 1. The van der Waals surface area contributed by atoms with Crippen LogP contribution in [0, 0.1) is 0 Å². The van der Waals surface area contributed by atoms with Crippen molar-refractivity contribution in [2.75, 3.05) is 7.11 Å². The summed E-state index contributed by atoms with van der Waals surface area (Å²) in [6.07, 6.45) is 3.14. The molecule has 2 rings (SSSR count). The quantitative estimate of drug-likeness (QED) is 0.623. The third-order valence-corrected chi connectivity index (χ3v) is 1.90. The molecule has 0 saturated carbocycles. The van der Waals surface area contributed by atoms with Gasteiger partial charge >= 0.3 is 0 Å². The van der Waals surface area contributed by atoms with Gasteiger partial charge in [-0.05, 0) is 6.07 Å². The van der Waals surface area contributed by atoms with Gasteiger partial charge in [0.2, 0.25) is 0 Å². The Hall–Kier alpha value is -1.29. The van der Waals surface area contributed by atoms with Gasteiger partial charge in [0, 0.05) is 6.20 Å². The van der Waals surface area contributed by atoms with E-state index in [0.29, 0.717) is 10.8 Å². The molecular formula is C7H6ClN3O. The van der Waals surface area contributed by atoms with Gasteiger partial charge in [-0.25, -0.2) is 9.97 Å². The average molecular weight is 184 g/mol. The minimum atomic E-state index is 0.441. The molecule has 2 aromatic heterocycles. The second-order valence-corrected chi connectivity index (χ2v) is 2.58. The molecule has 12 heavy (non-hydrogen) atoms. The fourth-order valence-electron chi connectivity index (χ4n) is 1.04. The van der Waals surface area contributed by atoms with Crippen LogP contribution in [0.1, 0.15) is 0 Å². The van der Waals surface area contributed by atoms with Gasteiger partial charge < -0.3 is 4.84 Å². The van der Waals surface area contributed by atoms with E-state index >= 15 is 0 Å². The first-order chi connectivity index (χ1) is 5.83. The molecule has 0 fully saturated rings. The van der Waals surface area contributed by atoms with E-state index in [1.165, 1.54) is 11.1 Å². The fourth-order valence-corrected chi connectivity index (χ4v) is 1.24. The van der Waals surface area contributed by atoms with Gasteiger partial charge in [0.15, 0.2) is 5.65 Å². The largest absolute Gasteiger partial charge is 0.416 e.